The zero-order valence-corrected chi connectivity index (χ0v) is 19.3. The van der Waals surface area contributed by atoms with Gasteiger partial charge in [-0.05, 0) is 31.0 Å². The molecule has 0 saturated carbocycles. The van der Waals surface area contributed by atoms with E-state index in [2.05, 4.69) is 10.6 Å². The summed E-state index contributed by atoms with van der Waals surface area (Å²) in [6.07, 6.45) is -2.97. The molecule has 0 heterocycles. The second-order valence-electron chi connectivity index (χ2n) is 8.01. The minimum Gasteiger partial charge on any atom is -0.508 e. The normalized spacial score (nSPS) is 14.9. The molecule has 0 aliphatic carbocycles. The lowest BCUT2D eigenvalue weighted by Gasteiger charge is -2.26. The van der Waals surface area contributed by atoms with E-state index in [9.17, 15) is 39.0 Å². The van der Waals surface area contributed by atoms with Crippen molar-refractivity contribution in [3.05, 3.63) is 29.8 Å². The topological polar surface area (TPSA) is 277 Å². The molecule has 0 aromatic heterocycles. The van der Waals surface area contributed by atoms with E-state index in [1.165, 1.54) is 24.3 Å². The number of nitrogens with two attached hydrogens (primary N) is 3. The van der Waals surface area contributed by atoms with Crippen molar-refractivity contribution >= 4 is 35.5 Å². The van der Waals surface area contributed by atoms with E-state index >= 15 is 0 Å². The van der Waals surface area contributed by atoms with Gasteiger partial charge in [0.2, 0.25) is 29.5 Å². The molecule has 0 saturated heterocycles. The maximum atomic E-state index is 12.8. The average Bonchev–Trinajstić information content (AvgIpc) is 2.76. The van der Waals surface area contributed by atoms with E-state index in [0.29, 0.717) is 5.56 Å². The third kappa shape index (κ3) is 9.94. The fourth-order valence-electron chi connectivity index (χ4n) is 2.99. The Kier molecular flexibility index (Phi) is 11.3. The van der Waals surface area contributed by atoms with Gasteiger partial charge in [-0.2, -0.15) is 0 Å². The second-order valence-corrected chi connectivity index (χ2v) is 8.01. The number of aliphatic carboxylic acids is 1. The van der Waals surface area contributed by atoms with Crippen LogP contribution in [0.25, 0.3) is 0 Å². The summed E-state index contributed by atoms with van der Waals surface area (Å²) in [6.45, 7) is 1.11. The molecule has 1 aromatic rings. The Bertz CT molecular complexity index is 983. The van der Waals surface area contributed by atoms with Gasteiger partial charge >= 0.3 is 5.97 Å². The molecule has 5 atom stereocenters. The van der Waals surface area contributed by atoms with Crippen molar-refractivity contribution < 1.29 is 44.1 Å². The van der Waals surface area contributed by atoms with Crippen molar-refractivity contribution in [2.45, 2.75) is 56.5 Å². The summed E-state index contributed by atoms with van der Waals surface area (Å²) in [7, 11) is 0. The van der Waals surface area contributed by atoms with Crippen LogP contribution in [0.15, 0.2) is 24.3 Å². The van der Waals surface area contributed by atoms with Crippen molar-refractivity contribution in [1.29, 1.82) is 0 Å². The summed E-state index contributed by atoms with van der Waals surface area (Å²) in [5.41, 5.74) is 16.6. The molecule has 0 aliphatic rings. The van der Waals surface area contributed by atoms with Crippen molar-refractivity contribution in [1.82, 2.24) is 16.0 Å². The summed E-state index contributed by atoms with van der Waals surface area (Å²) in [4.78, 5) is 71.6. The van der Waals surface area contributed by atoms with Crippen LogP contribution in [0.2, 0.25) is 0 Å². The van der Waals surface area contributed by atoms with Gasteiger partial charge in [0, 0.05) is 0 Å². The first-order valence-corrected chi connectivity index (χ1v) is 10.6. The number of aliphatic hydroxyl groups excluding tert-OH is 1. The zero-order chi connectivity index (χ0) is 27.6. The van der Waals surface area contributed by atoms with Crippen LogP contribution in [0.4, 0.5) is 0 Å². The van der Waals surface area contributed by atoms with Crippen molar-refractivity contribution in [3.63, 3.8) is 0 Å². The number of rotatable bonds is 14. The SMILES string of the molecule is CC(O)C(NC(=O)C(CC(N)=O)NC(=O)C(N)Cc1ccc(O)cc1)C(=O)NC(CC(N)=O)C(=O)O. The predicted molar refractivity (Wildman–Crippen MR) is 123 cm³/mol. The highest BCUT2D eigenvalue weighted by Gasteiger charge is 2.33. The molecule has 0 bridgehead atoms. The molecule has 36 heavy (non-hydrogen) atoms. The van der Waals surface area contributed by atoms with Crippen LogP contribution in [0, 0.1) is 0 Å². The highest BCUT2D eigenvalue weighted by atomic mass is 16.4. The molecule has 12 N–H and O–H groups in total. The third-order valence-corrected chi connectivity index (χ3v) is 4.85. The van der Waals surface area contributed by atoms with E-state index in [0.717, 1.165) is 6.92 Å². The van der Waals surface area contributed by atoms with Gasteiger partial charge in [0.1, 0.15) is 23.9 Å². The molecule has 1 rings (SSSR count). The highest BCUT2D eigenvalue weighted by molar-refractivity contribution is 5.96. The standard InChI is InChI=1S/C21H30N6O9/c1-9(28)17(20(34)26-14(21(35)36)8-16(24)31)27-19(33)13(7-15(23)30)25-18(32)12(22)6-10-2-4-11(29)5-3-10/h2-5,9,12-14,17,28-29H,6-8,22H2,1H3,(H2,23,30)(H2,24,31)(H,25,32)(H,26,34)(H,27,33)(H,35,36). The Morgan fingerprint density at radius 1 is 0.833 bits per heavy atom. The number of amides is 5. The molecule has 1 aromatic carbocycles. The first-order valence-electron chi connectivity index (χ1n) is 10.6. The summed E-state index contributed by atoms with van der Waals surface area (Å²) >= 11 is 0. The lowest BCUT2D eigenvalue weighted by Crippen LogP contribution is -2.60. The Labute approximate surface area is 205 Å². The average molecular weight is 511 g/mol. The van der Waals surface area contributed by atoms with Crippen LogP contribution < -0.4 is 33.2 Å². The molecule has 0 fully saturated rings. The first-order chi connectivity index (χ1) is 16.7. The maximum absolute atomic E-state index is 12.8. The molecule has 5 amide bonds. The van der Waals surface area contributed by atoms with Gasteiger partial charge in [0.05, 0.1) is 25.0 Å². The number of carboxylic acid groups (broad SMARTS) is 1. The first kappa shape index (κ1) is 29.8. The molecule has 198 valence electrons. The molecule has 5 unspecified atom stereocenters. The van der Waals surface area contributed by atoms with Crippen LogP contribution in [-0.2, 0) is 35.2 Å². The maximum Gasteiger partial charge on any atom is 0.326 e. The second kappa shape index (κ2) is 13.6. The summed E-state index contributed by atoms with van der Waals surface area (Å²) in [5, 5.41) is 34.8. The number of hydrogen-bond donors (Lipinski definition) is 9. The Balaban J connectivity index is 2.95. The monoisotopic (exact) mass is 510 g/mol. The molecule has 0 spiro atoms. The van der Waals surface area contributed by atoms with Crippen LogP contribution in [-0.4, -0.2) is 81.1 Å². The minimum atomic E-state index is -1.73. The fourth-order valence-corrected chi connectivity index (χ4v) is 2.99. The number of carbonyl (C=O) groups excluding carboxylic acids is 5. The van der Waals surface area contributed by atoms with Gasteiger partial charge in [-0.25, -0.2) is 4.79 Å². The predicted octanol–water partition coefficient (Wildman–Crippen LogP) is -4.07. The number of nitrogens with one attached hydrogen (secondary N) is 3. The van der Waals surface area contributed by atoms with Crippen molar-refractivity contribution in [2.75, 3.05) is 0 Å². The van der Waals surface area contributed by atoms with Gasteiger partial charge in [-0.3, -0.25) is 24.0 Å². The van der Waals surface area contributed by atoms with E-state index in [4.69, 9.17) is 22.3 Å². The van der Waals surface area contributed by atoms with Crippen LogP contribution >= 0.6 is 0 Å². The number of phenols is 1. The zero-order valence-electron chi connectivity index (χ0n) is 19.3. The lowest BCUT2D eigenvalue weighted by atomic mass is 10.0. The summed E-state index contributed by atoms with van der Waals surface area (Å²) in [6, 6.07) is -0.368. The van der Waals surface area contributed by atoms with Crippen molar-refractivity contribution in [2.24, 2.45) is 17.2 Å². The number of primary amides is 2. The molecule has 15 heteroatoms. The van der Waals surface area contributed by atoms with Crippen LogP contribution in [0.5, 0.6) is 5.75 Å². The Morgan fingerprint density at radius 3 is 1.81 bits per heavy atom. The molecular formula is C21H30N6O9. The van der Waals surface area contributed by atoms with E-state index in [1.54, 1.807) is 0 Å². The lowest BCUT2D eigenvalue weighted by molar-refractivity contribution is -0.144. The number of benzene rings is 1. The summed E-state index contributed by atoms with van der Waals surface area (Å²) < 4.78 is 0. The number of aromatic hydroxyl groups is 1. The van der Waals surface area contributed by atoms with Gasteiger partial charge in [0.15, 0.2) is 0 Å². The van der Waals surface area contributed by atoms with Gasteiger partial charge in [0.25, 0.3) is 0 Å². The van der Waals surface area contributed by atoms with Crippen LogP contribution in [0.3, 0.4) is 0 Å². The van der Waals surface area contributed by atoms with Crippen molar-refractivity contribution in [3.8, 4) is 5.75 Å². The third-order valence-electron chi connectivity index (χ3n) is 4.85. The number of aliphatic hydroxyl groups is 1. The Hall–Kier alpha value is -4.24. The molecule has 15 nitrogen and oxygen atoms in total. The van der Waals surface area contributed by atoms with E-state index in [1.807, 2.05) is 5.32 Å². The van der Waals surface area contributed by atoms with Gasteiger partial charge in [-0.15, -0.1) is 0 Å². The summed E-state index contributed by atoms with van der Waals surface area (Å²) in [5.74, 6) is -6.67. The number of carboxylic acids is 1. The molecular weight excluding hydrogens is 480 g/mol. The van der Waals surface area contributed by atoms with E-state index in [-0.39, 0.29) is 12.2 Å². The van der Waals surface area contributed by atoms with Gasteiger partial charge in [-0.1, -0.05) is 12.1 Å². The number of carbonyl (C=O) groups is 6. The quantitative estimate of drug-likeness (QED) is 0.117. The highest BCUT2D eigenvalue weighted by Crippen LogP contribution is 2.11. The Morgan fingerprint density at radius 2 is 1.33 bits per heavy atom. The number of hydrogen-bond acceptors (Lipinski definition) is 9. The smallest absolute Gasteiger partial charge is 0.326 e. The molecule has 0 radical (unpaired) electrons. The van der Waals surface area contributed by atoms with Gasteiger partial charge < -0.3 is 48.5 Å². The minimum absolute atomic E-state index is 0.0102. The number of phenolic OH excluding ortho intramolecular Hbond substituents is 1. The van der Waals surface area contributed by atoms with E-state index < -0.39 is 78.6 Å². The largest absolute Gasteiger partial charge is 0.508 e. The van der Waals surface area contributed by atoms with Crippen LogP contribution in [0.1, 0.15) is 25.3 Å². The fraction of sp³-hybridized carbons (Fsp3) is 0.429. The molecule has 0 aliphatic heterocycles.